The van der Waals surface area contributed by atoms with Gasteiger partial charge in [-0.05, 0) is 38.3 Å². The molecule has 0 amide bonds. The lowest BCUT2D eigenvalue weighted by Gasteiger charge is -2.39. The number of hydrogen-bond donors (Lipinski definition) is 2. The molecule has 2 heteroatoms. The molecular weight excluding hydrogens is 148 g/mol. The molecule has 12 heavy (non-hydrogen) atoms. The van der Waals surface area contributed by atoms with E-state index in [0.717, 1.165) is 6.04 Å². The molecule has 1 saturated heterocycles. The van der Waals surface area contributed by atoms with Gasteiger partial charge in [0.05, 0.1) is 0 Å². The standard InChI is InChI=1S/C10H20N2/c1-11-8-10-5-3-2-4-9(10)12-7-6-10/h9,11-12H,2-8H2,1H3. The lowest BCUT2D eigenvalue weighted by molar-refractivity contribution is 0.170. The Labute approximate surface area is 75.1 Å². The zero-order valence-electron chi connectivity index (χ0n) is 8.03. The molecule has 0 aromatic heterocycles. The lowest BCUT2D eigenvalue weighted by Crippen LogP contribution is -2.45. The van der Waals surface area contributed by atoms with Crippen LogP contribution in [-0.2, 0) is 0 Å². The van der Waals surface area contributed by atoms with Crippen molar-refractivity contribution in [3.05, 3.63) is 0 Å². The molecule has 1 aliphatic heterocycles. The van der Waals surface area contributed by atoms with Gasteiger partial charge in [0.15, 0.2) is 0 Å². The van der Waals surface area contributed by atoms with Crippen LogP contribution >= 0.6 is 0 Å². The lowest BCUT2D eigenvalue weighted by atomic mass is 9.70. The molecule has 0 spiro atoms. The first-order chi connectivity index (χ1) is 5.87. The molecule has 2 fully saturated rings. The fourth-order valence-electron chi connectivity index (χ4n) is 3.07. The van der Waals surface area contributed by atoms with Crippen LogP contribution in [0.2, 0.25) is 0 Å². The van der Waals surface area contributed by atoms with Gasteiger partial charge in [-0.3, -0.25) is 0 Å². The normalized spacial score (nSPS) is 41.2. The molecule has 1 aliphatic carbocycles. The highest BCUT2D eigenvalue weighted by atomic mass is 15.0. The Bertz CT molecular complexity index is 154. The Morgan fingerprint density at radius 3 is 3.17 bits per heavy atom. The summed E-state index contributed by atoms with van der Waals surface area (Å²) in [5.74, 6) is 0. The number of rotatable bonds is 2. The SMILES string of the molecule is CNCC12CCCCC1NCC2. The maximum atomic E-state index is 3.64. The van der Waals surface area contributed by atoms with Crippen molar-refractivity contribution in [1.29, 1.82) is 0 Å². The van der Waals surface area contributed by atoms with Crippen molar-refractivity contribution in [2.24, 2.45) is 5.41 Å². The van der Waals surface area contributed by atoms with Gasteiger partial charge in [-0.15, -0.1) is 0 Å². The van der Waals surface area contributed by atoms with Crippen LogP contribution in [0.5, 0.6) is 0 Å². The van der Waals surface area contributed by atoms with Gasteiger partial charge in [0, 0.05) is 12.6 Å². The van der Waals surface area contributed by atoms with E-state index in [1.54, 1.807) is 0 Å². The Kier molecular flexibility index (Phi) is 2.37. The van der Waals surface area contributed by atoms with E-state index in [0.29, 0.717) is 5.41 Å². The van der Waals surface area contributed by atoms with Crippen LogP contribution in [0, 0.1) is 5.41 Å². The zero-order chi connectivity index (χ0) is 8.44. The highest BCUT2D eigenvalue weighted by Crippen LogP contribution is 2.41. The summed E-state index contributed by atoms with van der Waals surface area (Å²) >= 11 is 0. The largest absolute Gasteiger partial charge is 0.319 e. The molecule has 2 atom stereocenters. The van der Waals surface area contributed by atoms with Crippen molar-refractivity contribution < 1.29 is 0 Å². The Morgan fingerprint density at radius 2 is 2.33 bits per heavy atom. The third-order valence-corrected chi connectivity index (χ3v) is 3.70. The molecule has 0 aromatic rings. The van der Waals surface area contributed by atoms with Gasteiger partial charge in [-0.25, -0.2) is 0 Å². The van der Waals surface area contributed by atoms with E-state index in [1.165, 1.54) is 45.2 Å². The van der Waals surface area contributed by atoms with Crippen LogP contribution in [0.4, 0.5) is 0 Å². The molecular formula is C10H20N2. The molecule has 70 valence electrons. The summed E-state index contributed by atoms with van der Waals surface area (Å²) in [5, 5.41) is 7.00. The van der Waals surface area contributed by atoms with Crippen LogP contribution in [0.1, 0.15) is 32.1 Å². The van der Waals surface area contributed by atoms with Gasteiger partial charge in [-0.1, -0.05) is 12.8 Å². The maximum Gasteiger partial charge on any atom is 0.0136 e. The van der Waals surface area contributed by atoms with Crippen LogP contribution in [-0.4, -0.2) is 26.2 Å². The van der Waals surface area contributed by atoms with Gasteiger partial charge in [0.25, 0.3) is 0 Å². The van der Waals surface area contributed by atoms with Gasteiger partial charge in [0.1, 0.15) is 0 Å². The van der Waals surface area contributed by atoms with E-state index >= 15 is 0 Å². The van der Waals surface area contributed by atoms with Crippen molar-refractivity contribution >= 4 is 0 Å². The highest BCUT2D eigenvalue weighted by Gasteiger charge is 2.43. The molecule has 2 rings (SSSR count). The second kappa shape index (κ2) is 3.35. The van der Waals surface area contributed by atoms with E-state index < -0.39 is 0 Å². The van der Waals surface area contributed by atoms with Crippen LogP contribution < -0.4 is 10.6 Å². The third kappa shape index (κ3) is 1.27. The minimum Gasteiger partial charge on any atom is -0.319 e. The quantitative estimate of drug-likeness (QED) is 0.646. The molecule has 2 nitrogen and oxygen atoms in total. The summed E-state index contributed by atoms with van der Waals surface area (Å²) < 4.78 is 0. The van der Waals surface area contributed by atoms with E-state index in [-0.39, 0.29) is 0 Å². The predicted molar refractivity (Wildman–Crippen MR) is 51.2 cm³/mol. The van der Waals surface area contributed by atoms with Gasteiger partial charge in [-0.2, -0.15) is 0 Å². The molecule has 2 aliphatic rings. The second-order valence-electron chi connectivity index (χ2n) is 4.40. The molecule has 2 unspecified atom stereocenters. The van der Waals surface area contributed by atoms with E-state index in [2.05, 4.69) is 17.7 Å². The summed E-state index contributed by atoms with van der Waals surface area (Å²) in [7, 11) is 2.08. The van der Waals surface area contributed by atoms with Gasteiger partial charge < -0.3 is 10.6 Å². The summed E-state index contributed by atoms with van der Waals surface area (Å²) in [5.41, 5.74) is 0.618. The smallest absolute Gasteiger partial charge is 0.0136 e. The maximum absolute atomic E-state index is 3.64. The van der Waals surface area contributed by atoms with Gasteiger partial charge >= 0.3 is 0 Å². The topological polar surface area (TPSA) is 24.1 Å². The molecule has 0 radical (unpaired) electrons. The van der Waals surface area contributed by atoms with E-state index in [9.17, 15) is 0 Å². The van der Waals surface area contributed by atoms with Crippen molar-refractivity contribution in [3.63, 3.8) is 0 Å². The van der Waals surface area contributed by atoms with Crippen LogP contribution in [0.25, 0.3) is 0 Å². The summed E-state index contributed by atoms with van der Waals surface area (Å²) in [4.78, 5) is 0. The summed E-state index contributed by atoms with van der Waals surface area (Å²) in [6.45, 7) is 2.46. The van der Waals surface area contributed by atoms with E-state index in [4.69, 9.17) is 0 Å². The number of fused-ring (bicyclic) bond motifs is 1. The average molecular weight is 168 g/mol. The monoisotopic (exact) mass is 168 g/mol. The van der Waals surface area contributed by atoms with Crippen LogP contribution in [0.15, 0.2) is 0 Å². The predicted octanol–water partition coefficient (Wildman–Crippen LogP) is 1.13. The zero-order valence-corrected chi connectivity index (χ0v) is 8.03. The third-order valence-electron chi connectivity index (χ3n) is 3.70. The van der Waals surface area contributed by atoms with Crippen molar-refractivity contribution in [2.45, 2.75) is 38.1 Å². The Morgan fingerprint density at radius 1 is 1.42 bits per heavy atom. The highest BCUT2D eigenvalue weighted by molar-refractivity contribution is 5.00. The number of hydrogen-bond acceptors (Lipinski definition) is 2. The first kappa shape index (κ1) is 8.52. The first-order valence-electron chi connectivity index (χ1n) is 5.25. The molecule has 2 N–H and O–H groups in total. The Balaban J connectivity index is 2.06. The number of nitrogens with one attached hydrogen (secondary N) is 2. The van der Waals surface area contributed by atoms with E-state index in [1.807, 2.05) is 0 Å². The fraction of sp³-hybridized carbons (Fsp3) is 1.00. The van der Waals surface area contributed by atoms with Gasteiger partial charge in [0.2, 0.25) is 0 Å². The minimum atomic E-state index is 0.618. The minimum absolute atomic E-state index is 0.618. The van der Waals surface area contributed by atoms with Crippen molar-refractivity contribution in [3.8, 4) is 0 Å². The summed E-state index contributed by atoms with van der Waals surface area (Å²) in [6.07, 6.45) is 7.11. The molecule has 0 bridgehead atoms. The molecule has 1 saturated carbocycles. The Hall–Kier alpha value is -0.0800. The average Bonchev–Trinajstić information content (AvgIpc) is 2.48. The van der Waals surface area contributed by atoms with Crippen molar-refractivity contribution in [1.82, 2.24) is 10.6 Å². The van der Waals surface area contributed by atoms with Crippen molar-refractivity contribution in [2.75, 3.05) is 20.1 Å². The fourth-order valence-corrected chi connectivity index (χ4v) is 3.07. The second-order valence-corrected chi connectivity index (χ2v) is 4.40. The molecule has 1 heterocycles. The van der Waals surface area contributed by atoms with Crippen LogP contribution in [0.3, 0.4) is 0 Å². The first-order valence-corrected chi connectivity index (χ1v) is 5.25. The summed E-state index contributed by atoms with van der Waals surface area (Å²) in [6, 6.07) is 0.818. The molecule has 0 aromatic carbocycles.